The van der Waals surface area contributed by atoms with Crippen molar-refractivity contribution in [3.05, 3.63) is 47.0 Å². The van der Waals surface area contributed by atoms with Crippen molar-refractivity contribution in [1.82, 2.24) is 10.2 Å². The molecule has 1 aliphatic heterocycles. The van der Waals surface area contributed by atoms with Gasteiger partial charge in [-0.05, 0) is 37.5 Å². The monoisotopic (exact) mass is 390 g/mol. The van der Waals surface area contributed by atoms with E-state index in [1.165, 1.54) is 4.90 Å². The van der Waals surface area contributed by atoms with E-state index < -0.39 is 0 Å². The molecule has 0 radical (unpaired) electrons. The second-order valence-corrected chi connectivity index (χ2v) is 7.54. The highest BCUT2D eigenvalue weighted by atomic mass is 35.5. The maximum atomic E-state index is 12.6. The van der Waals surface area contributed by atoms with Crippen molar-refractivity contribution in [2.75, 3.05) is 19.8 Å². The van der Waals surface area contributed by atoms with Gasteiger partial charge in [-0.3, -0.25) is 14.4 Å². The lowest BCUT2D eigenvalue weighted by atomic mass is 9.85. The molecule has 1 heterocycles. The number of likely N-dealkylation sites (tertiary alicyclic amines) is 1. The van der Waals surface area contributed by atoms with Gasteiger partial charge in [-0.25, -0.2) is 4.90 Å². The second-order valence-electron chi connectivity index (χ2n) is 7.10. The summed E-state index contributed by atoms with van der Waals surface area (Å²) in [5, 5.41) is 3.53. The summed E-state index contributed by atoms with van der Waals surface area (Å²) in [5.74, 6) is -0.748. The largest absolute Gasteiger partial charge is 0.347 e. The first kappa shape index (κ1) is 19.6. The smallest absolute Gasteiger partial charge is 0.275 e. The highest BCUT2D eigenvalue weighted by Gasteiger charge is 2.48. The predicted molar refractivity (Wildman–Crippen MR) is 102 cm³/mol. The molecule has 0 spiro atoms. The zero-order valence-corrected chi connectivity index (χ0v) is 16.2. The molecule has 1 aliphatic carbocycles. The van der Waals surface area contributed by atoms with Crippen molar-refractivity contribution in [3.8, 4) is 0 Å². The zero-order chi connectivity index (χ0) is 19.4. The van der Waals surface area contributed by atoms with Gasteiger partial charge in [0, 0.05) is 11.6 Å². The van der Waals surface area contributed by atoms with Crippen LogP contribution in [0.3, 0.4) is 0 Å². The van der Waals surface area contributed by atoms with Gasteiger partial charge in [0.05, 0.1) is 18.4 Å². The van der Waals surface area contributed by atoms with Crippen LogP contribution in [0.4, 0.5) is 0 Å². The standard InChI is InChI=1S/C20H24ClN3O3/c1-2-23(12-18(25)22-11-14-7-9-15(21)10-8-14)13-24-19(26)16-5-3-4-6-17(16)20(24)27/h3-4,7-10,16-17H,2,5-6,11-13H2,1H3,(H,22,25)/p+1/t16-,17-/m0/s1. The molecule has 1 fully saturated rings. The van der Waals surface area contributed by atoms with Crippen molar-refractivity contribution < 1.29 is 19.3 Å². The number of nitrogens with zero attached hydrogens (tertiary/aromatic N) is 1. The van der Waals surface area contributed by atoms with E-state index in [1.807, 2.05) is 31.2 Å². The molecule has 27 heavy (non-hydrogen) atoms. The van der Waals surface area contributed by atoms with Gasteiger partial charge in [-0.15, -0.1) is 0 Å². The molecule has 1 aromatic carbocycles. The Hall–Kier alpha value is -2.18. The Kier molecular flexibility index (Phi) is 6.29. The number of quaternary nitrogens is 1. The summed E-state index contributed by atoms with van der Waals surface area (Å²) in [6.45, 7) is 3.48. The van der Waals surface area contributed by atoms with Gasteiger partial charge in [0.2, 0.25) is 11.8 Å². The fraction of sp³-hybridized carbons (Fsp3) is 0.450. The molecule has 3 amide bonds. The maximum absolute atomic E-state index is 12.6. The number of halogens is 1. The van der Waals surface area contributed by atoms with Crippen LogP contribution in [0.1, 0.15) is 25.3 Å². The molecule has 0 aromatic heterocycles. The topological polar surface area (TPSA) is 70.9 Å². The number of imide groups is 1. The van der Waals surface area contributed by atoms with Gasteiger partial charge < -0.3 is 10.2 Å². The molecular weight excluding hydrogens is 366 g/mol. The van der Waals surface area contributed by atoms with E-state index in [1.54, 1.807) is 12.1 Å². The van der Waals surface area contributed by atoms with E-state index in [0.717, 1.165) is 10.5 Å². The van der Waals surface area contributed by atoms with E-state index in [-0.39, 0.29) is 42.8 Å². The molecule has 0 bridgehead atoms. The van der Waals surface area contributed by atoms with Crippen LogP contribution in [0, 0.1) is 11.8 Å². The van der Waals surface area contributed by atoms with Crippen molar-refractivity contribution in [2.45, 2.75) is 26.3 Å². The number of likely N-dealkylation sites (N-methyl/N-ethyl adjacent to an activating group) is 1. The molecule has 144 valence electrons. The Morgan fingerprint density at radius 1 is 1.15 bits per heavy atom. The summed E-state index contributed by atoms with van der Waals surface area (Å²) >= 11 is 5.86. The molecule has 3 rings (SSSR count). The summed E-state index contributed by atoms with van der Waals surface area (Å²) in [6, 6.07) is 7.30. The third kappa shape index (κ3) is 4.57. The molecule has 1 saturated heterocycles. The van der Waals surface area contributed by atoms with E-state index in [9.17, 15) is 14.4 Å². The van der Waals surface area contributed by atoms with Crippen LogP contribution in [-0.2, 0) is 20.9 Å². The minimum atomic E-state index is -0.223. The average Bonchev–Trinajstić information content (AvgIpc) is 2.92. The third-order valence-corrected chi connectivity index (χ3v) is 5.55. The number of carbonyl (C=O) groups is 3. The van der Waals surface area contributed by atoms with Crippen molar-refractivity contribution in [3.63, 3.8) is 0 Å². The number of hydrogen-bond donors (Lipinski definition) is 2. The number of rotatable bonds is 7. The van der Waals surface area contributed by atoms with Crippen molar-refractivity contribution in [1.29, 1.82) is 0 Å². The molecule has 3 atom stereocenters. The fourth-order valence-corrected chi connectivity index (χ4v) is 3.76. The van der Waals surface area contributed by atoms with Gasteiger partial charge in [0.25, 0.3) is 5.91 Å². The quantitative estimate of drug-likeness (QED) is 0.533. The number of amides is 3. The first-order valence-corrected chi connectivity index (χ1v) is 9.72. The number of nitrogens with one attached hydrogen (secondary N) is 2. The molecule has 6 nitrogen and oxygen atoms in total. The average molecular weight is 391 g/mol. The highest BCUT2D eigenvalue weighted by molar-refractivity contribution is 6.30. The van der Waals surface area contributed by atoms with Crippen LogP contribution in [0.15, 0.2) is 36.4 Å². The summed E-state index contributed by atoms with van der Waals surface area (Å²) in [5.41, 5.74) is 0.965. The summed E-state index contributed by atoms with van der Waals surface area (Å²) in [7, 11) is 0. The van der Waals surface area contributed by atoms with E-state index >= 15 is 0 Å². The number of benzene rings is 1. The molecule has 2 aliphatic rings. The van der Waals surface area contributed by atoms with Gasteiger partial charge in [0.15, 0.2) is 13.2 Å². The highest BCUT2D eigenvalue weighted by Crippen LogP contribution is 2.34. The number of hydrogen-bond acceptors (Lipinski definition) is 3. The minimum Gasteiger partial charge on any atom is -0.347 e. The molecule has 2 N–H and O–H groups in total. The lowest BCUT2D eigenvalue weighted by Crippen LogP contribution is -3.14. The van der Waals surface area contributed by atoms with Gasteiger partial charge in [-0.2, -0.15) is 0 Å². The van der Waals surface area contributed by atoms with E-state index in [4.69, 9.17) is 11.6 Å². The SMILES string of the molecule is CC[NH+](CC(=O)NCc1ccc(Cl)cc1)CN1C(=O)[C@H]2CC=CC[C@@H]2C1=O. The first-order valence-electron chi connectivity index (χ1n) is 9.34. The normalized spacial score (nSPS) is 22.7. The molecule has 7 heteroatoms. The van der Waals surface area contributed by atoms with Gasteiger partial charge in [0.1, 0.15) is 0 Å². The molecule has 1 unspecified atom stereocenters. The Bertz CT molecular complexity index is 721. The Morgan fingerprint density at radius 2 is 1.74 bits per heavy atom. The van der Waals surface area contributed by atoms with Crippen LogP contribution in [0.2, 0.25) is 5.02 Å². The Balaban J connectivity index is 1.52. The molecule has 1 aromatic rings. The summed E-state index contributed by atoms with van der Waals surface area (Å²) in [6.07, 6.45) is 5.22. The molecular formula is C20H25ClN3O3+. The van der Waals surface area contributed by atoms with Crippen molar-refractivity contribution in [2.24, 2.45) is 11.8 Å². The number of fused-ring (bicyclic) bond motifs is 1. The van der Waals surface area contributed by atoms with Gasteiger partial charge >= 0.3 is 0 Å². The number of carbonyl (C=O) groups excluding carboxylic acids is 3. The van der Waals surface area contributed by atoms with Crippen LogP contribution < -0.4 is 10.2 Å². The van der Waals surface area contributed by atoms with Crippen molar-refractivity contribution >= 4 is 29.3 Å². The molecule has 0 saturated carbocycles. The first-order chi connectivity index (χ1) is 13.0. The predicted octanol–water partition coefficient (Wildman–Crippen LogP) is 0.770. The van der Waals surface area contributed by atoms with Gasteiger partial charge in [-0.1, -0.05) is 35.9 Å². The lowest BCUT2D eigenvalue weighted by molar-refractivity contribution is -0.897. The second kappa shape index (κ2) is 8.67. The fourth-order valence-electron chi connectivity index (χ4n) is 3.63. The van der Waals surface area contributed by atoms with Crippen LogP contribution in [0.5, 0.6) is 0 Å². The zero-order valence-electron chi connectivity index (χ0n) is 15.4. The minimum absolute atomic E-state index is 0.0955. The maximum Gasteiger partial charge on any atom is 0.275 e. The van der Waals surface area contributed by atoms with E-state index in [2.05, 4.69) is 5.32 Å². The van der Waals surface area contributed by atoms with Crippen LogP contribution in [-0.4, -0.2) is 42.4 Å². The third-order valence-electron chi connectivity index (χ3n) is 5.29. The Morgan fingerprint density at radius 3 is 2.30 bits per heavy atom. The van der Waals surface area contributed by atoms with Crippen LogP contribution >= 0.6 is 11.6 Å². The lowest BCUT2D eigenvalue weighted by Gasteiger charge is -2.22. The van der Waals surface area contributed by atoms with E-state index in [0.29, 0.717) is 31.0 Å². The Labute approximate surface area is 164 Å². The summed E-state index contributed by atoms with van der Waals surface area (Å²) < 4.78 is 0. The van der Waals surface area contributed by atoms with Crippen LogP contribution in [0.25, 0.3) is 0 Å². The number of allylic oxidation sites excluding steroid dienone is 2. The summed E-state index contributed by atoms with van der Waals surface area (Å²) in [4.78, 5) is 39.7.